The fraction of sp³-hybridized carbons (Fsp3) is 0.846. The van der Waals surface area contributed by atoms with E-state index >= 15 is 0 Å². The second kappa shape index (κ2) is 4.53. The third kappa shape index (κ3) is 2.03. The van der Waals surface area contributed by atoms with Gasteiger partial charge in [-0.3, -0.25) is 0 Å². The Morgan fingerprint density at radius 3 is 2.87 bits per heavy atom. The van der Waals surface area contributed by atoms with Crippen LogP contribution in [0.25, 0.3) is 0 Å². The fourth-order valence-corrected chi connectivity index (χ4v) is 3.01. The molecule has 1 saturated carbocycles. The summed E-state index contributed by atoms with van der Waals surface area (Å²) in [5.74, 6) is 1.08. The summed E-state index contributed by atoms with van der Waals surface area (Å²) in [4.78, 5) is 0. The van der Waals surface area contributed by atoms with Crippen LogP contribution in [-0.2, 0) is 4.74 Å². The van der Waals surface area contributed by atoms with Crippen LogP contribution in [0.1, 0.15) is 51.9 Å². The maximum absolute atomic E-state index is 9.21. The third-order valence-corrected chi connectivity index (χ3v) is 4.09. The van der Waals surface area contributed by atoms with Crippen molar-refractivity contribution in [1.82, 2.24) is 0 Å². The Bertz CT molecular complexity index is 252. The summed E-state index contributed by atoms with van der Waals surface area (Å²) in [5, 5.41) is 9.21. The van der Waals surface area contributed by atoms with Crippen LogP contribution in [0.5, 0.6) is 0 Å². The van der Waals surface area contributed by atoms with E-state index in [2.05, 4.69) is 13.0 Å². The molecule has 0 aromatic carbocycles. The van der Waals surface area contributed by atoms with Crippen LogP contribution in [-0.4, -0.2) is 12.7 Å². The molecule has 2 rings (SSSR count). The second-order valence-corrected chi connectivity index (χ2v) is 5.07. The van der Waals surface area contributed by atoms with Crippen molar-refractivity contribution in [2.45, 2.75) is 58.0 Å². The number of nitrogens with zero attached hydrogens (tertiary/aromatic N) is 1. The van der Waals surface area contributed by atoms with E-state index in [4.69, 9.17) is 4.74 Å². The van der Waals surface area contributed by atoms with Crippen LogP contribution >= 0.6 is 0 Å². The molecule has 0 bridgehead atoms. The first-order chi connectivity index (χ1) is 7.27. The molecule has 2 nitrogen and oxygen atoms in total. The first kappa shape index (κ1) is 11.0. The zero-order valence-corrected chi connectivity index (χ0v) is 9.59. The van der Waals surface area contributed by atoms with E-state index in [1.807, 2.05) is 0 Å². The van der Waals surface area contributed by atoms with Gasteiger partial charge in [-0.2, -0.15) is 5.26 Å². The Labute approximate surface area is 92.6 Å². The SMILES string of the molecule is CC1(C2CCCCO2)CCCC[C]1C#N. The minimum absolute atomic E-state index is 0.0490. The summed E-state index contributed by atoms with van der Waals surface area (Å²) in [6.45, 7) is 3.12. The molecule has 1 aliphatic carbocycles. The van der Waals surface area contributed by atoms with E-state index in [1.165, 1.54) is 25.7 Å². The van der Waals surface area contributed by atoms with Crippen LogP contribution in [0, 0.1) is 22.7 Å². The van der Waals surface area contributed by atoms with Gasteiger partial charge in [-0.1, -0.05) is 19.8 Å². The predicted molar refractivity (Wildman–Crippen MR) is 59.0 cm³/mol. The summed E-state index contributed by atoms with van der Waals surface area (Å²) in [5.41, 5.74) is 0.0490. The highest BCUT2D eigenvalue weighted by Gasteiger charge is 2.44. The zero-order valence-electron chi connectivity index (χ0n) is 9.59. The van der Waals surface area contributed by atoms with E-state index in [-0.39, 0.29) is 5.41 Å². The van der Waals surface area contributed by atoms with E-state index in [0.29, 0.717) is 6.10 Å². The van der Waals surface area contributed by atoms with Gasteiger partial charge in [0.05, 0.1) is 18.1 Å². The molecule has 2 heteroatoms. The summed E-state index contributed by atoms with van der Waals surface area (Å²) in [7, 11) is 0. The maximum atomic E-state index is 9.21. The van der Waals surface area contributed by atoms with Crippen molar-refractivity contribution in [2.75, 3.05) is 6.61 Å². The topological polar surface area (TPSA) is 33.0 Å². The van der Waals surface area contributed by atoms with E-state index in [0.717, 1.165) is 31.8 Å². The molecular weight excluding hydrogens is 186 g/mol. The normalized spacial score (nSPS) is 38.5. The van der Waals surface area contributed by atoms with E-state index < -0.39 is 0 Å². The Kier molecular flexibility index (Phi) is 3.31. The molecule has 2 unspecified atom stereocenters. The molecule has 15 heavy (non-hydrogen) atoms. The molecule has 0 amide bonds. The van der Waals surface area contributed by atoms with Crippen LogP contribution < -0.4 is 0 Å². The standard InChI is InChI=1S/C13H20NO/c1-13(12-7-3-5-9-15-12)8-4-2-6-11(13)10-14/h12H,2-9H2,1H3. The minimum atomic E-state index is 0.0490. The van der Waals surface area contributed by atoms with Crippen molar-refractivity contribution in [3.05, 3.63) is 5.92 Å². The molecule has 2 fully saturated rings. The predicted octanol–water partition coefficient (Wildman–Crippen LogP) is 3.23. The van der Waals surface area contributed by atoms with Crippen molar-refractivity contribution >= 4 is 0 Å². The molecule has 1 aliphatic heterocycles. The van der Waals surface area contributed by atoms with Crippen LogP contribution in [0.3, 0.4) is 0 Å². The summed E-state index contributed by atoms with van der Waals surface area (Å²) in [6, 6.07) is 2.43. The van der Waals surface area contributed by atoms with Gasteiger partial charge in [-0.15, -0.1) is 0 Å². The molecule has 0 N–H and O–H groups in total. The van der Waals surface area contributed by atoms with Crippen molar-refractivity contribution in [2.24, 2.45) is 5.41 Å². The molecule has 2 aliphatic rings. The van der Waals surface area contributed by atoms with Crippen molar-refractivity contribution in [3.63, 3.8) is 0 Å². The van der Waals surface area contributed by atoms with Crippen molar-refractivity contribution in [1.29, 1.82) is 5.26 Å². The highest BCUT2D eigenvalue weighted by molar-refractivity contribution is 5.23. The molecule has 1 heterocycles. The molecule has 2 atom stereocenters. The second-order valence-electron chi connectivity index (χ2n) is 5.07. The molecule has 0 spiro atoms. The fourth-order valence-electron chi connectivity index (χ4n) is 3.01. The van der Waals surface area contributed by atoms with Crippen molar-refractivity contribution in [3.8, 4) is 6.07 Å². The Hall–Kier alpha value is -0.550. The Balaban J connectivity index is 2.10. The van der Waals surface area contributed by atoms with Gasteiger partial charge in [-0.25, -0.2) is 0 Å². The molecule has 83 valence electrons. The van der Waals surface area contributed by atoms with E-state index in [1.54, 1.807) is 0 Å². The summed E-state index contributed by atoms with van der Waals surface area (Å²) < 4.78 is 5.88. The maximum Gasteiger partial charge on any atom is 0.0844 e. The lowest BCUT2D eigenvalue weighted by molar-refractivity contribution is -0.0625. The molecule has 1 radical (unpaired) electrons. The van der Waals surface area contributed by atoms with Gasteiger partial charge in [0, 0.05) is 12.0 Å². The van der Waals surface area contributed by atoms with Gasteiger partial charge in [0.25, 0.3) is 0 Å². The lowest BCUT2D eigenvalue weighted by Crippen LogP contribution is -2.43. The highest BCUT2D eigenvalue weighted by Crippen LogP contribution is 2.47. The minimum Gasteiger partial charge on any atom is -0.378 e. The first-order valence-electron chi connectivity index (χ1n) is 6.15. The van der Waals surface area contributed by atoms with Crippen LogP contribution in [0.15, 0.2) is 0 Å². The van der Waals surface area contributed by atoms with Gasteiger partial charge < -0.3 is 4.74 Å². The molecule has 0 aromatic rings. The number of nitriles is 1. The number of ether oxygens (including phenoxy) is 1. The monoisotopic (exact) mass is 206 g/mol. The number of hydrogen-bond donors (Lipinski definition) is 0. The van der Waals surface area contributed by atoms with E-state index in [9.17, 15) is 5.26 Å². The van der Waals surface area contributed by atoms with Crippen LogP contribution in [0.4, 0.5) is 0 Å². The van der Waals surface area contributed by atoms with Gasteiger partial charge in [0.2, 0.25) is 0 Å². The third-order valence-electron chi connectivity index (χ3n) is 4.09. The molecule has 0 aromatic heterocycles. The van der Waals surface area contributed by atoms with Gasteiger partial charge in [-0.05, 0) is 32.1 Å². The quantitative estimate of drug-likeness (QED) is 0.660. The average Bonchev–Trinajstić information content (AvgIpc) is 2.31. The van der Waals surface area contributed by atoms with Gasteiger partial charge in [0.1, 0.15) is 0 Å². The number of hydrogen-bond acceptors (Lipinski definition) is 2. The van der Waals surface area contributed by atoms with Gasteiger partial charge in [0.15, 0.2) is 0 Å². The number of rotatable bonds is 1. The smallest absolute Gasteiger partial charge is 0.0844 e. The largest absolute Gasteiger partial charge is 0.378 e. The van der Waals surface area contributed by atoms with Gasteiger partial charge >= 0.3 is 0 Å². The van der Waals surface area contributed by atoms with Crippen LogP contribution in [0.2, 0.25) is 0 Å². The molecular formula is C13H20NO. The summed E-state index contributed by atoms with van der Waals surface area (Å²) >= 11 is 0. The zero-order chi connectivity index (χ0) is 10.7. The average molecular weight is 206 g/mol. The Morgan fingerprint density at radius 1 is 1.33 bits per heavy atom. The highest BCUT2D eigenvalue weighted by atomic mass is 16.5. The lowest BCUT2D eigenvalue weighted by Gasteiger charge is -2.44. The van der Waals surface area contributed by atoms with Crippen molar-refractivity contribution < 1.29 is 4.74 Å². The summed E-state index contributed by atoms with van der Waals surface area (Å²) in [6.07, 6.45) is 8.47. The molecule has 1 saturated heterocycles. The Morgan fingerprint density at radius 2 is 2.20 bits per heavy atom. The first-order valence-corrected chi connectivity index (χ1v) is 6.15. The lowest BCUT2D eigenvalue weighted by atomic mass is 9.63.